The van der Waals surface area contributed by atoms with Crippen LogP contribution >= 0.6 is 0 Å². The van der Waals surface area contributed by atoms with Crippen LogP contribution in [-0.2, 0) is 0 Å². The Hall–Kier alpha value is -0.0400. The molecule has 1 saturated carbocycles. The molecule has 1 fully saturated rings. The molecule has 0 spiro atoms. The highest BCUT2D eigenvalue weighted by Gasteiger charge is 2.26. The van der Waals surface area contributed by atoms with Gasteiger partial charge in [-0.2, -0.15) is 0 Å². The van der Waals surface area contributed by atoms with E-state index in [-0.39, 0.29) is 0 Å². The Morgan fingerprint density at radius 3 is 2.00 bits per heavy atom. The van der Waals surface area contributed by atoms with Gasteiger partial charge in [0.2, 0.25) is 0 Å². The molecule has 1 N–H and O–H groups in total. The van der Waals surface area contributed by atoms with Gasteiger partial charge in [-0.25, -0.2) is 0 Å². The van der Waals surface area contributed by atoms with E-state index in [1.807, 2.05) is 0 Å². The lowest BCUT2D eigenvalue weighted by molar-refractivity contribution is 0.215. The van der Waals surface area contributed by atoms with Gasteiger partial charge in [-0.3, -0.25) is 0 Å². The zero-order valence-electron chi connectivity index (χ0n) is 13.3. The van der Waals surface area contributed by atoms with Gasteiger partial charge in [0.15, 0.2) is 0 Å². The molecule has 2 atom stereocenters. The standard InChI is InChI=1S/C17H35N/c1-6-15-9-7-8-10-17(15)18-16(11-13(2)3)12-14(4)5/h13-18H,6-12H2,1-5H3. The average Bonchev–Trinajstić information content (AvgIpc) is 2.27. The Labute approximate surface area is 115 Å². The molecule has 1 aliphatic rings. The van der Waals surface area contributed by atoms with Crippen molar-refractivity contribution in [1.29, 1.82) is 0 Å². The van der Waals surface area contributed by atoms with E-state index in [0.717, 1.165) is 29.8 Å². The maximum atomic E-state index is 4.02. The zero-order chi connectivity index (χ0) is 13.5. The van der Waals surface area contributed by atoms with Crippen molar-refractivity contribution in [3.8, 4) is 0 Å². The summed E-state index contributed by atoms with van der Waals surface area (Å²) in [5.74, 6) is 2.55. The fourth-order valence-corrected chi connectivity index (χ4v) is 3.59. The average molecular weight is 253 g/mol. The molecule has 0 aromatic heterocycles. The summed E-state index contributed by atoms with van der Waals surface area (Å²) in [6.07, 6.45) is 9.78. The molecule has 1 aliphatic carbocycles. The van der Waals surface area contributed by atoms with Crippen LogP contribution in [0.5, 0.6) is 0 Å². The third kappa shape index (κ3) is 5.73. The lowest BCUT2D eigenvalue weighted by Crippen LogP contribution is -2.45. The van der Waals surface area contributed by atoms with E-state index >= 15 is 0 Å². The van der Waals surface area contributed by atoms with Crippen LogP contribution in [0.4, 0.5) is 0 Å². The summed E-state index contributed by atoms with van der Waals surface area (Å²) < 4.78 is 0. The van der Waals surface area contributed by atoms with Gasteiger partial charge in [0.1, 0.15) is 0 Å². The molecule has 0 aromatic rings. The van der Waals surface area contributed by atoms with Crippen molar-refractivity contribution in [2.45, 2.75) is 91.6 Å². The molecule has 1 heteroatoms. The van der Waals surface area contributed by atoms with Gasteiger partial charge in [0.25, 0.3) is 0 Å². The predicted octanol–water partition coefficient (Wildman–Crippen LogP) is 5.01. The normalized spacial score (nSPS) is 25.3. The molecule has 2 unspecified atom stereocenters. The molecule has 0 bridgehead atoms. The van der Waals surface area contributed by atoms with E-state index in [9.17, 15) is 0 Å². The molecular formula is C17H35N. The van der Waals surface area contributed by atoms with Gasteiger partial charge in [0, 0.05) is 12.1 Å². The molecular weight excluding hydrogens is 218 g/mol. The first kappa shape index (κ1) is 16.0. The fraction of sp³-hybridized carbons (Fsp3) is 1.00. The van der Waals surface area contributed by atoms with E-state index in [0.29, 0.717) is 0 Å². The van der Waals surface area contributed by atoms with E-state index in [4.69, 9.17) is 0 Å². The smallest absolute Gasteiger partial charge is 0.00978 e. The zero-order valence-corrected chi connectivity index (χ0v) is 13.3. The minimum absolute atomic E-state index is 0.738. The summed E-state index contributed by atoms with van der Waals surface area (Å²) in [4.78, 5) is 0. The Balaban J connectivity index is 2.51. The van der Waals surface area contributed by atoms with Gasteiger partial charge < -0.3 is 5.32 Å². The van der Waals surface area contributed by atoms with Crippen LogP contribution in [0.2, 0.25) is 0 Å². The van der Waals surface area contributed by atoms with Crippen molar-refractivity contribution >= 4 is 0 Å². The maximum Gasteiger partial charge on any atom is 0.00978 e. The molecule has 0 radical (unpaired) electrons. The van der Waals surface area contributed by atoms with Gasteiger partial charge in [0.05, 0.1) is 0 Å². The van der Waals surface area contributed by atoms with E-state index in [1.54, 1.807) is 0 Å². The molecule has 0 aliphatic heterocycles. The molecule has 0 saturated heterocycles. The van der Waals surface area contributed by atoms with Crippen molar-refractivity contribution in [2.75, 3.05) is 0 Å². The van der Waals surface area contributed by atoms with Crippen LogP contribution in [0.15, 0.2) is 0 Å². The molecule has 0 amide bonds. The summed E-state index contributed by atoms with van der Waals surface area (Å²) in [5, 5.41) is 4.02. The minimum atomic E-state index is 0.738. The highest BCUT2D eigenvalue weighted by molar-refractivity contribution is 4.84. The second kappa shape index (κ2) is 8.19. The largest absolute Gasteiger partial charge is 0.311 e. The highest BCUT2D eigenvalue weighted by atomic mass is 15.0. The number of rotatable bonds is 7. The predicted molar refractivity (Wildman–Crippen MR) is 81.9 cm³/mol. The first-order valence-corrected chi connectivity index (χ1v) is 8.28. The van der Waals surface area contributed by atoms with Gasteiger partial charge >= 0.3 is 0 Å². The topological polar surface area (TPSA) is 12.0 Å². The molecule has 0 aromatic carbocycles. The van der Waals surface area contributed by atoms with E-state index in [2.05, 4.69) is 39.9 Å². The minimum Gasteiger partial charge on any atom is -0.311 e. The van der Waals surface area contributed by atoms with Crippen molar-refractivity contribution in [3.05, 3.63) is 0 Å². The van der Waals surface area contributed by atoms with Gasteiger partial charge in [-0.1, -0.05) is 53.9 Å². The maximum absolute atomic E-state index is 4.02. The Morgan fingerprint density at radius 2 is 1.50 bits per heavy atom. The summed E-state index contributed by atoms with van der Waals surface area (Å²) >= 11 is 0. The third-order valence-corrected chi connectivity index (χ3v) is 4.40. The van der Waals surface area contributed by atoms with Crippen LogP contribution in [-0.4, -0.2) is 12.1 Å². The molecule has 18 heavy (non-hydrogen) atoms. The van der Waals surface area contributed by atoms with E-state index < -0.39 is 0 Å². The van der Waals surface area contributed by atoms with Gasteiger partial charge in [-0.05, 0) is 43.4 Å². The summed E-state index contributed by atoms with van der Waals surface area (Å²) in [6, 6.07) is 1.54. The van der Waals surface area contributed by atoms with Crippen molar-refractivity contribution < 1.29 is 0 Å². The SMILES string of the molecule is CCC1CCCCC1NC(CC(C)C)CC(C)C. The van der Waals surface area contributed by atoms with Crippen molar-refractivity contribution in [3.63, 3.8) is 0 Å². The monoisotopic (exact) mass is 253 g/mol. The Kier molecular flexibility index (Phi) is 7.29. The fourth-order valence-electron chi connectivity index (χ4n) is 3.59. The van der Waals surface area contributed by atoms with Crippen LogP contribution in [0.1, 0.15) is 79.6 Å². The first-order valence-electron chi connectivity index (χ1n) is 8.28. The second-order valence-corrected chi connectivity index (χ2v) is 7.18. The number of hydrogen-bond donors (Lipinski definition) is 1. The van der Waals surface area contributed by atoms with E-state index in [1.165, 1.54) is 44.9 Å². The summed E-state index contributed by atoms with van der Waals surface area (Å²) in [7, 11) is 0. The number of nitrogens with one attached hydrogen (secondary N) is 1. The summed E-state index contributed by atoms with van der Waals surface area (Å²) in [5.41, 5.74) is 0. The quantitative estimate of drug-likeness (QED) is 0.673. The third-order valence-electron chi connectivity index (χ3n) is 4.40. The van der Waals surface area contributed by atoms with Crippen LogP contribution in [0.25, 0.3) is 0 Å². The Morgan fingerprint density at radius 1 is 0.944 bits per heavy atom. The lowest BCUT2D eigenvalue weighted by atomic mass is 9.81. The molecule has 108 valence electrons. The number of hydrogen-bond acceptors (Lipinski definition) is 1. The first-order chi connectivity index (χ1) is 8.52. The van der Waals surface area contributed by atoms with Crippen molar-refractivity contribution in [2.24, 2.45) is 17.8 Å². The van der Waals surface area contributed by atoms with Crippen LogP contribution < -0.4 is 5.32 Å². The molecule has 1 nitrogen and oxygen atoms in total. The highest BCUT2D eigenvalue weighted by Crippen LogP contribution is 2.28. The van der Waals surface area contributed by atoms with Crippen LogP contribution in [0, 0.1) is 17.8 Å². The second-order valence-electron chi connectivity index (χ2n) is 7.18. The molecule has 0 heterocycles. The lowest BCUT2D eigenvalue weighted by Gasteiger charge is -2.36. The molecule has 1 rings (SSSR count). The Bertz CT molecular complexity index is 200. The summed E-state index contributed by atoms with van der Waals surface area (Å²) in [6.45, 7) is 11.8. The van der Waals surface area contributed by atoms with Gasteiger partial charge in [-0.15, -0.1) is 0 Å². The van der Waals surface area contributed by atoms with Crippen LogP contribution in [0.3, 0.4) is 0 Å². The van der Waals surface area contributed by atoms with Crippen molar-refractivity contribution in [1.82, 2.24) is 5.32 Å².